The number of hydrogen-bond donors (Lipinski definition) is 2. The Labute approximate surface area is 200 Å². The zero-order valence-electron chi connectivity index (χ0n) is 20.2. The molecule has 0 aromatic heterocycles. The van der Waals surface area contributed by atoms with E-state index in [1.807, 2.05) is 17.0 Å². The van der Waals surface area contributed by atoms with Crippen molar-refractivity contribution in [2.45, 2.75) is 39.2 Å². The Balaban J connectivity index is 1.44. The summed E-state index contributed by atoms with van der Waals surface area (Å²) in [5, 5.41) is 5.53. The van der Waals surface area contributed by atoms with E-state index in [0.29, 0.717) is 37.4 Å². The average molecular weight is 469 g/mol. The van der Waals surface area contributed by atoms with Crippen LogP contribution < -0.4 is 10.6 Å². The van der Waals surface area contributed by atoms with Crippen molar-refractivity contribution in [3.8, 4) is 0 Å². The first kappa shape index (κ1) is 25.4. The van der Waals surface area contributed by atoms with E-state index in [1.165, 1.54) is 24.3 Å². The maximum Gasteiger partial charge on any atom is 0.251 e. The first-order chi connectivity index (χ1) is 16.0. The summed E-state index contributed by atoms with van der Waals surface area (Å²) in [7, 11) is 0. The van der Waals surface area contributed by atoms with E-state index < -0.39 is 6.04 Å². The van der Waals surface area contributed by atoms with Gasteiger partial charge in [-0.1, -0.05) is 32.9 Å². The van der Waals surface area contributed by atoms with Crippen LogP contribution in [-0.4, -0.2) is 66.3 Å². The van der Waals surface area contributed by atoms with Crippen molar-refractivity contribution in [3.05, 3.63) is 65.5 Å². The molecular weight excluding hydrogens is 435 g/mol. The number of nitrogens with zero attached hydrogens (tertiary/aromatic N) is 2. The van der Waals surface area contributed by atoms with Gasteiger partial charge in [-0.15, -0.1) is 0 Å². The molecular formula is C26H33FN4O3. The summed E-state index contributed by atoms with van der Waals surface area (Å²) < 4.78 is 13.0. The molecule has 0 radical (unpaired) electrons. The zero-order chi connectivity index (χ0) is 24.9. The fourth-order valence-corrected chi connectivity index (χ4v) is 3.80. The molecule has 1 aliphatic rings. The number of carbonyl (C=O) groups excluding carboxylic acids is 3. The standard InChI is InChI=1S/C26H33FN4O3/c1-18(28-24(33)19-5-7-20(8-6-19)26(2,3)4)25(34)31-15-13-30(14-16-31)17-23(32)29-22-11-9-21(27)10-12-22/h5-12,18H,13-17H2,1-4H3,(H,28,33)(H,29,32)/t18-/m0/s1. The van der Waals surface area contributed by atoms with Gasteiger partial charge >= 0.3 is 0 Å². The molecule has 2 N–H and O–H groups in total. The normalized spacial score (nSPS) is 15.5. The van der Waals surface area contributed by atoms with Gasteiger partial charge in [0.05, 0.1) is 6.54 Å². The summed E-state index contributed by atoms with van der Waals surface area (Å²) >= 11 is 0. The molecule has 34 heavy (non-hydrogen) atoms. The second-order valence-electron chi connectivity index (χ2n) is 9.68. The van der Waals surface area contributed by atoms with E-state index in [4.69, 9.17) is 0 Å². The van der Waals surface area contributed by atoms with Crippen LogP contribution >= 0.6 is 0 Å². The molecule has 1 aliphatic heterocycles. The molecule has 7 nitrogen and oxygen atoms in total. The Kier molecular flexibility index (Phi) is 8.04. The van der Waals surface area contributed by atoms with E-state index in [0.717, 1.165) is 5.56 Å². The van der Waals surface area contributed by atoms with E-state index in [9.17, 15) is 18.8 Å². The topological polar surface area (TPSA) is 81.8 Å². The number of anilines is 1. The number of halogens is 1. The number of rotatable bonds is 6. The lowest BCUT2D eigenvalue weighted by Gasteiger charge is -2.35. The van der Waals surface area contributed by atoms with Crippen molar-refractivity contribution in [2.75, 3.05) is 38.0 Å². The molecule has 1 saturated heterocycles. The highest BCUT2D eigenvalue weighted by Crippen LogP contribution is 2.22. The largest absolute Gasteiger partial charge is 0.341 e. The van der Waals surface area contributed by atoms with Crippen molar-refractivity contribution in [1.29, 1.82) is 0 Å². The van der Waals surface area contributed by atoms with Crippen LogP contribution in [0.4, 0.5) is 10.1 Å². The predicted octanol–water partition coefficient (Wildman–Crippen LogP) is 3.02. The van der Waals surface area contributed by atoms with Crippen molar-refractivity contribution in [2.24, 2.45) is 0 Å². The molecule has 0 unspecified atom stereocenters. The first-order valence-corrected chi connectivity index (χ1v) is 11.5. The first-order valence-electron chi connectivity index (χ1n) is 11.5. The maximum absolute atomic E-state index is 13.0. The van der Waals surface area contributed by atoms with Crippen molar-refractivity contribution < 1.29 is 18.8 Å². The van der Waals surface area contributed by atoms with Gasteiger partial charge in [-0.05, 0) is 54.3 Å². The molecule has 2 aromatic rings. The molecule has 3 amide bonds. The van der Waals surface area contributed by atoms with Crippen LogP contribution in [0, 0.1) is 5.82 Å². The summed E-state index contributed by atoms with van der Waals surface area (Å²) in [6, 6.07) is 12.4. The molecule has 0 aliphatic carbocycles. The number of hydrogen-bond acceptors (Lipinski definition) is 4. The van der Waals surface area contributed by atoms with Crippen LogP contribution in [0.3, 0.4) is 0 Å². The average Bonchev–Trinajstić information content (AvgIpc) is 2.80. The second-order valence-corrected chi connectivity index (χ2v) is 9.68. The Hall–Kier alpha value is -3.26. The molecule has 1 heterocycles. The smallest absolute Gasteiger partial charge is 0.251 e. The Morgan fingerprint density at radius 2 is 1.53 bits per heavy atom. The number of amides is 3. The Morgan fingerprint density at radius 3 is 2.09 bits per heavy atom. The third kappa shape index (κ3) is 6.87. The van der Waals surface area contributed by atoms with Gasteiger partial charge in [0.2, 0.25) is 11.8 Å². The predicted molar refractivity (Wildman–Crippen MR) is 130 cm³/mol. The molecule has 0 saturated carbocycles. The molecule has 182 valence electrons. The lowest BCUT2D eigenvalue weighted by Crippen LogP contribution is -2.55. The monoisotopic (exact) mass is 468 g/mol. The van der Waals surface area contributed by atoms with E-state index in [2.05, 4.69) is 31.4 Å². The molecule has 1 fully saturated rings. The van der Waals surface area contributed by atoms with Gasteiger partial charge in [0.15, 0.2) is 0 Å². The van der Waals surface area contributed by atoms with E-state index >= 15 is 0 Å². The van der Waals surface area contributed by atoms with Gasteiger partial charge < -0.3 is 15.5 Å². The molecule has 2 aromatic carbocycles. The molecule has 0 bridgehead atoms. The van der Waals surface area contributed by atoms with Gasteiger partial charge in [0.1, 0.15) is 11.9 Å². The number of carbonyl (C=O) groups is 3. The van der Waals surface area contributed by atoms with Crippen LogP contribution in [0.2, 0.25) is 0 Å². The molecule has 8 heteroatoms. The number of piperazine rings is 1. The van der Waals surface area contributed by atoms with Gasteiger partial charge in [0, 0.05) is 37.4 Å². The lowest BCUT2D eigenvalue weighted by molar-refractivity contribution is -0.134. The summed E-state index contributed by atoms with van der Waals surface area (Å²) in [6.07, 6.45) is 0. The minimum atomic E-state index is -0.650. The van der Waals surface area contributed by atoms with Crippen LogP contribution in [-0.2, 0) is 15.0 Å². The SMILES string of the molecule is C[C@H](NC(=O)c1ccc(C(C)(C)C)cc1)C(=O)N1CCN(CC(=O)Nc2ccc(F)cc2)CC1. The summed E-state index contributed by atoms with van der Waals surface area (Å²) in [4.78, 5) is 41.3. The van der Waals surface area contributed by atoms with E-state index in [-0.39, 0.29) is 35.5 Å². The van der Waals surface area contributed by atoms with Crippen molar-refractivity contribution in [3.63, 3.8) is 0 Å². The van der Waals surface area contributed by atoms with Gasteiger partial charge in [0.25, 0.3) is 5.91 Å². The quantitative estimate of drug-likeness (QED) is 0.683. The van der Waals surface area contributed by atoms with Crippen LogP contribution in [0.1, 0.15) is 43.6 Å². The van der Waals surface area contributed by atoms with Crippen molar-refractivity contribution >= 4 is 23.4 Å². The third-order valence-corrected chi connectivity index (χ3v) is 5.91. The summed E-state index contributed by atoms with van der Waals surface area (Å²) in [5.74, 6) is -0.973. The summed E-state index contributed by atoms with van der Waals surface area (Å²) in [5.41, 5.74) is 2.20. The maximum atomic E-state index is 13.0. The molecule has 1 atom stereocenters. The Bertz CT molecular complexity index is 1010. The highest BCUT2D eigenvalue weighted by Gasteiger charge is 2.27. The van der Waals surface area contributed by atoms with Crippen LogP contribution in [0.15, 0.2) is 48.5 Å². The lowest BCUT2D eigenvalue weighted by atomic mass is 9.86. The summed E-state index contributed by atoms with van der Waals surface area (Å²) in [6.45, 7) is 10.3. The second kappa shape index (κ2) is 10.8. The third-order valence-electron chi connectivity index (χ3n) is 5.91. The number of nitrogens with one attached hydrogen (secondary N) is 2. The molecule has 0 spiro atoms. The minimum absolute atomic E-state index is 0.00203. The fourth-order valence-electron chi connectivity index (χ4n) is 3.80. The highest BCUT2D eigenvalue weighted by atomic mass is 19.1. The highest BCUT2D eigenvalue weighted by molar-refractivity contribution is 5.97. The van der Waals surface area contributed by atoms with Crippen LogP contribution in [0.25, 0.3) is 0 Å². The van der Waals surface area contributed by atoms with E-state index in [1.54, 1.807) is 24.0 Å². The van der Waals surface area contributed by atoms with Crippen molar-refractivity contribution in [1.82, 2.24) is 15.1 Å². The minimum Gasteiger partial charge on any atom is -0.341 e. The molecule has 3 rings (SSSR count). The fraction of sp³-hybridized carbons (Fsp3) is 0.423. The Morgan fingerprint density at radius 1 is 0.941 bits per heavy atom. The van der Waals surface area contributed by atoms with Gasteiger partial charge in [-0.25, -0.2) is 4.39 Å². The van der Waals surface area contributed by atoms with Gasteiger partial charge in [-0.3, -0.25) is 19.3 Å². The number of benzene rings is 2. The van der Waals surface area contributed by atoms with Gasteiger partial charge in [-0.2, -0.15) is 0 Å². The zero-order valence-corrected chi connectivity index (χ0v) is 20.2. The van der Waals surface area contributed by atoms with Crippen LogP contribution in [0.5, 0.6) is 0 Å².